The van der Waals surface area contributed by atoms with Gasteiger partial charge in [0.15, 0.2) is 17.4 Å². The van der Waals surface area contributed by atoms with Crippen LogP contribution >= 0.6 is 0 Å². The molecule has 2 heterocycles. The van der Waals surface area contributed by atoms with E-state index in [1.165, 1.54) is 12.3 Å². The molecule has 26 heavy (non-hydrogen) atoms. The van der Waals surface area contributed by atoms with Crippen LogP contribution in [0.1, 0.15) is 24.8 Å². The molecule has 0 N–H and O–H groups in total. The molecule has 1 aliphatic rings. The molecule has 2 aromatic rings. The van der Waals surface area contributed by atoms with Gasteiger partial charge in [0.1, 0.15) is 0 Å². The maximum absolute atomic E-state index is 14.1. The summed E-state index contributed by atoms with van der Waals surface area (Å²) in [5.41, 5.74) is -0.941. The Labute approximate surface area is 146 Å². The lowest BCUT2D eigenvalue weighted by molar-refractivity contribution is 0.327. The molecular formula is C17H17F4N3O2. The maximum atomic E-state index is 14.1. The van der Waals surface area contributed by atoms with Gasteiger partial charge < -0.3 is 9.64 Å². The normalized spacial score (nSPS) is 14.6. The predicted molar refractivity (Wildman–Crippen MR) is 86.5 cm³/mol. The average Bonchev–Trinajstić information content (AvgIpc) is 2.66. The van der Waals surface area contributed by atoms with Crippen LogP contribution in [0.15, 0.2) is 17.1 Å². The first-order chi connectivity index (χ1) is 12.4. The number of rotatable bonds is 4. The monoisotopic (exact) mass is 371 g/mol. The minimum atomic E-state index is -1.65. The summed E-state index contributed by atoms with van der Waals surface area (Å²) in [5, 5.41) is 3.89. The summed E-state index contributed by atoms with van der Waals surface area (Å²) in [6.07, 6.45) is 4.53. The van der Waals surface area contributed by atoms with Gasteiger partial charge in [0.2, 0.25) is 11.6 Å². The first kappa shape index (κ1) is 18.2. The molecule has 1 aliphatic heterocycles. The van der Waals surface area contributed by atoms with Crippen LogP contribution in [-0.2, 0) is 6.54 Å². The summed E-state index contributed by atoms with van der Waals surface area (Å²) >= 11 is 0. The number of hydrogen-bond donors (Lipinski definition) is 0. The molecule has 1 fully saturated rings. The van der Waals surface area contributed by atoms with Gasteiger partial charge in [-0.1, -0.05) is 0 Å². The third-order valence-corrected chi connectivity index (χ3v) is 4.40. The third kappa shape index (κ3) is 3.25. The zero-order chi connectivity index (χ0) is 18.8. The van der Waals surface area contributed by atoms with Crippen molar-refractivity contribution in [3.05, 3.63) is 51.4 Å². The third-order valence-electron chi connectivity index (χ3n) is 4.40. The van der Waals surface area contributed by atoms with Gasteiger partial charge in [0.05, 0.1) is 31.1 Å². The van der Waals surface area contributed by atoms with E-state index in [0.717, 1.165) is 44.1 Å². The van der Waals surface area contributed by atoms with Crippen molar-refractivity contribution in [1.29, 1.82) is 0 Å². The quantitative estimate of drug-likeness (QED) is 0.613. The lowest BCUT2D eigenvalue weighted by atomic mass is 10.1. The maximum Gasteiger partial charge on any atom is 0.269 e. The second-order valence-corrected chi connectivity index (χ2v) is 6.03. The van der Waals surface area contributed by atoms with Gasteiger partial charge in [0, 0.05) is 19.2 Å². The lowest BCUT2D eigenvalue weighted by Gasteiger charge is -2.28. The highest BCUT2D eigenvalue weighted by molar-refractivity contribution is 5.43. The number of aromatic nitrogens is 2. The number of benzene rings is 1. The van der Waals surface area contributed by atoms with E-state index in [2.05, 4.69) is 9.84 Å². The number of nitrogens with zero attached hydrogens (tertiary/aromatic N) is 3. The van der Waals surface area contributed by atoms with Gasteiger partial charge in [-0.25, -0.2) is 13.5 Å². The van der Waals surface area contributed by atoms with Crippen molar-refractivity contribution in [3.8, 4) is 5.75 Å². The van der Waals surface area contributed by atoms with E-state index in [1.54, 1.807) is 0 Å². The highest BCUT2D eigenvalue weighted by Crippen LogP contribution is 2.30. The highest BCUT2D eigenvalue weighted by atomic mass is 19.2. The van der Waals surface area contributed by atoms with Crippen molar-refractivity contribution >= 4 is 5.69 Å². The van der Waals surface area contributed by atoms with E-state index in [9.17, 15) is 22.4 Å². The van der Waals surface area contributed by atoms with Crippen LogP contribution in [0.2, 0.25) is 0 Å². The van der Waals surface area contributed by atoms with Crippen LogP contribution in [0, 0.1) is 23.3 Å². The van der Waals surface area contributed by atoms with Crippen LogP contribution in [-0.4, -0.2) is 30.0 Å². The van der Waals surface area contributed by atoms with Crippen LogP contribution in [0.25, 0.3) is 0 Å². The number of halogens is 4. The fourth-order valence-corrected chi connectivity index (χ4v) is 2.99. The number of ether oxygens (including phenoxy) is 1. The Balaban J connectivity index is 1.93. The summed E-state index contributed by atoms with van der Waals surface area (Å²) < 4.78 is 60.8. The molecule has 1 aromatic heterocycles. The second kappa shape index (κ2) is 7.35. The van der Waals surface area contributed by atoms with E-state index in [-0.39, 0.29) is 0 Å². The van der Waals surface area contributed by atoms with E-state index in [1.807, 2.05) is 4.90 Å². The van der Waals surface area contributed by atoms with E-state index >= 15 is 0 Å². The van der Waals surface area contributed by atoms with Crippen molar-refractivity contribution in [2.45, 2.75) is 25.8 Å². The summed E-state index contributed by atoms with van der Waals surface area (Å²) in [6.45, 7) is 0.848. The van der Waals surface area contributed by atoms with Crippen LogP contribution < -0.4 is 15.2 Å². The highest BCUT2D eigenvalue weighted by Gasteiger charge is 2.26. The minimum absolute atomic E-state index is 0.610. The molecule has 0 saturated carbocycles. The summed E-state index contributed by atoms with van der Waals surface area (Å²) in [7, 11) is 0.894. The number of anilines is 1. The van der Waals surface area contributed by atoms with Crippen molar-refractivity contribution in [2.75, 3.05) is 25.1 Å². The predicted octanol–water partition coefficient (Wildman–Crippen LogP) is 2.85. The van der Waals surface area contributed by atoms with Crippen molar-refractivity contribution in [2.24, 2.45) is 0 Å². The number of piperidine rings is 1. The van der Waals surface area contributed by atoms with Crippen molar-refractivity contribution < 1.29 is 22.3 Å². The molecule has 3 rings (SSSR count). The SMILES string of the molecule is COc1c(F)c(F)c(Cn2ncc(N3CCCCC3)cc2=O)c(F)c1F. The Kier molecular flexibility index (Phi) is 5.15. The number of methoxy groups -OCH3 is 1. The summed E-state index contributed by atoms with van der Waals surface area (Å²) in [5.74, 6) is -7.69. The molecule has 0 bridgehead atoms. The summed E-state index contributed by atoms with van der Waals surface area (Å²) in [4.78, 5) is 14.2. The molecule has 0 atom stereocenters. The molecular weight excluding hydrogens is 354 g/mol. The second-order valence-electron chi connectivity index (χ2n) is 6.03. The molecule has 1 saturated heterocycles. The van der Waals surface area contributed by atoms with E-state index in [4.69, 9.17) is 0 Å². The smallest absolute Gasteiger partial charge is 0.269 e. The topological polar surface area (TPSA) is 47.4 Å². The van der Waals surface area contributed by atoms with Crippen LogP contribution in [0.5, 0.6) is 5.75 Å². The Bertz CT molecular complexity index is 850. The largest absolute Gasteiger partial charge is 0.491 e. The molecule has 140 valence electrons. The van der Waals surface area contributed by atoms with Crippen LogP contribution in [0.4, 0.5) is 23.2 Å². The Morgan fingerprint density at radius 1 is 1.04 bits per heavy atom. The molecule has 1 aromatic carbocycles. The average molecular weight is 371 g/mol. The zero-order valence-corrected chi connectivity index (χ0v) is 14.1. The molecule has 5 nitrogen and oxygen atoms in total. The lowest BCUT2D eigenvalue weighted by Crippen LogP contribution is -2.32. The van der Waals surface area contributed by atoms with Crippen LogP contribution in [0.3, 0.4) is 0 Å². The molecule has 9 heteroatoms. The van der Waals surface area contributed by atoms with Gasteiger partial charge in [-0.2, -0.15) is 13.9 Å². The first-order valence-electron chi connectivity index (χ1n) is 8.15. The van der Waals surface area contributed by atoms with Gasteiger partial charge in [-0.3, -0.25) is 4.79 Å². The Morgan fingerprint density at radius 3 is 2.19 bits per heavy atom. The van der Waals surface area contributed by atoms with Crippen molar-refractivity contribution in [3.63, 3.8) is 0 Å². The van der Waals surface area contributed by atoms with E-state index < -0.39 is 46.7 Å². The first-order valence-corrected chi connectivity index (χ1v) is 8.15. The zero-order valence-electron chi connectivity index (χ0n) is 14.1. The van der Waals surface area contributed by atoms with Gasteiger partial charge in [-0.15, -0.1) is 0 Å². The summed E-state index contributed by atoms with van der Waals surface area (Å²) in [6, 6.07) is 1.30. The minimum Gasteiger partial charge on any atom is -0.491 e. The van der Waals surface area contributed by atoms with Gasteiger partial charge in [0.25, 0.3) is 5.56 Å². The fourth-order valence-electron chi connectivity index (χ4n) is 2.99. The van der Waals surface area contributed by atoms with Gasteiger partial charge >= 0.3 is 0 Å². The fraction of sp³-hybridized carbons (Fsp3) is 0.412. The standard InChI is InChI=1S/C17H17F4N3O2/c1-26-17-15(20)13(18)11(14(19)16(17)21)9-24-12(25)7-10(8-22-24)23-5-3-2-4-6-23/h7-8H,2-6,9H2,1H3. The van der Waals surface area contributed by atoms with E-state index in [0.29, 0.717) is 5.69 Å². The molecule has 0 amide bonds. The Morgan fingerprint density at radius 2 is 1.65 bits per heavy atom. The Hall–Kier alpha value is -2.58. The van der Waals surface area contributed by atoms with Crippen molar-refractivity contribution in [1.82, 2.24) is 9.78 Å². The number of hydrogen-bond acceptors (Lipinski definition) is 4. The molecule has 0 aliphatic carbocycles. The molecule has 0 spiro atoms. The molecule has 0 radical (unpaired) electrons. The van der Waals surface area contributed by atoms with Gasteiger partial charge in [-0.05, 0) is 19.3 Å². The molecule has 0 unspecified atom stereocenters.